The fourth-order valence-electron chi connectivity index (χ4n) is 6.74. The maximum atomic E-state index is 15.1. The zero-order chi connectivity index (χ0) is 26.9. The molecular formula is C29H32F2N8. The highest BCUT2D eigenvalue weighted by Crippen LogP contribution is 2.38. The Morgan fingerprint density at radius 1 is 0.974 bits per heavy atom. The van der Waals surface area contributed by atoms with Crippen molar-refractivity contribution in [3.63, 3.8) is 0 Å². The number of nitrogens with zero attached hydrogens (tertiary/aromatic N) is 7. The van der Waals surface area contributed by atoms with Gasteiger partial charge in [-0.2, -0.15) is 0 Å². The van der Waals surface area contributed by atoms with Gasteiger partial charge in [-0.05, 0) is 62.9 Å². The molecule has 0 bridgehead atoms. The topological polar surface area (TPSA) is 75.0 Å². The number of aryl methyl sites for hydroxylation is 1. The van der Waals surface area contributed by atoms with Crippen LogP contribution in [0.2, 0.25) is 0 Å². The summed E-state index contributed by atoms with van der Waals surface area (Å²) in [4.78, 5) is 22.5. The monoisotopic (exact) mass is 530 g/mol. The van der Waals surface area contributed by atoms with Crippen molar-refractivity contribution in [2.45, 2.75) is 38.8 Å². The molecule has 3 aliphatic rings. The standard InChI is InChI=1S/C29H32F2N8/c1-29(2)7-6-25-35-27-21(30)8-18(9-23(27)39(25)29)26-22(31)11-33-28(36-26)34-24-5-4-17(10-32-24)12-38-15-19-13-37(3)14-20(19)16-38/h4-5,8-11,19-20H,6-7,12-16H2,1-3H3,(H,32,33,34,36). The number of nitrogens with one attached hydrogen (secondary N) is 1. The molecule has 1 aromatic carbocycles. The van der Waals surface area contributed by atoms with E-state index in [1.165, 1.54) is 19.2 Å². The zero-order valence-corrected chi connectivity index (χ0v) is 22.5. The Bertz CT molecular complexity index is 1550. The average molecular weight is 531 g/mol. The number of pyridine rings is 1. The summed E-state index contributed by atoms with van der Waals surface area (Å²) in [5.74, 6) is 2.04. The number of hydrogen-bond acceptors (Lipinski definition) is 7. The minimum atomic E-state index is -0.621. The molecule has 2 unspecified atom stereocenters. The first kappa shape index (κ1) is 24.5. The SMILES string of the molecule is CN1CC2CN(Cc3ccc(Nc4ncc(F)c(-c5cc(F)c6nc7n(c6c5)C(C)(C)CC7)n4)nc3)CC2C1. The van der Waals surface area contributed by atoms with Crippen LogP contribution >= 0.6 is 0 Å². The first-order chi connectivity index (χ1) is 18.7. The molecule has 1 N–H and O–H groups in total. The molecule has 0 spiro atoms. The van der Waals surface area contributed by atoms with Crippen molar-refractivity contribution in [2.24, 2.45) is 11.8 Å². The maximum Gasteiger partial charge on any atom is 0.229 e. The van der Waals surface area contributed by atoms with Crippen LogP contribution in [0.15, 0.2) is 36.7 Å². The van der Waals surface area contributed by atoms with Gasteiger partial charge >= 0.3 is 0 Å². The number of rotatable bonds is 5. The van der Waals surface area contributed by atoms with E-state index in [1.54, 1.807) is 6.07 Å². The summed E-state index contributed by atoms with van der Waals surface area (Å²) in [5, 5.41) is 3.07. The molecular weight excluding hydrogens is 498 g/mol. The minimum Gasteiger partial charge on any atom is -0.322 e. The third kappa shape index (κ3) is 4.35. The van der Waals surface area contributed by atoms with E-state index in [4.69, 9.17) is 0 Å². The first-order valence-electron chi connectivity index (χ1n) is 13.6. The lowest BCUT2D eigenvalue weighted by Crippen LogP contribution is -2.26. The second-order valence-electron chi connectivity index (χ2n) is 12.0. The second-order valence-corrected chi connectivity index (χ2v) is 12.0. The zero-order valence-electron chi connectivity index (χ0n) is 22.5. The van der Waals surface area contributed by atoms with E-state index in [1.807, 2.05) is 18.3 Å². The van der Waals surface area contributed by atoms with Crippen LogP contribution in [0.3, 0.4) is 0 Å². The molecule has 8 nitrogen and oxygen atoms in total. The van der Waals surface area contributed by atoms with Crippen LogP contribution in [0.1, 0.15) is 31.7 Å². The third-order valence-electron chi connectivity index (χ3n) is 8.58. The second kappa shape index (κ2) is 9.02. The first-order valence-corrected chi connectivity index (χ1v) is 13.6. The Hall–Kier alpha value is -3.50. The summed E-state index contributed by atoms with van der Waals surface area (Å²) in [6, 6.07) is 7.00. The molecule has 3 aromatic heterocycles. The number of aromatic nitrogens is 5. The van der Waals surface area contributed by atoms with Gasteiger partial charge in [-0.3, -0.25) is 4.90 Å². The fourth-order valence-corrected chi connectivity index (χ4v) is 6.74. The average Bonchev–Trinajstić information content (AvgIpc) is 3.62. The molecule has 202 valence electrons. The highest BCUT2D eigenvalue weighted by atomic mass is 19.1. The molecule has 7 rings (SSSR count). The summed E-state index contributed by atoms with van der Waals surface area (Å²) in [5.41, 5.74) is 2.30. The summed E-state index contributed by atoms with van der Waals surface area (Å²) in [6.45, 7) is 9.73. The van der Waals surface area contributed by atoms with Crippen LogP contribution in [0.25, 0.3) is 22.3 Å². The molecule has 39 heavy (non-hydrogen) atoms. The van der Waals surface area contributed by atoms with Crippen LogP contribution < -0.4 is 5.32 Å². The molecule has 6 heterocycles. The Kier molecular flexibility index (Phi) is 5.68. The van der Waals surface area contributed by atoms with Crippen molar-refractivity contribution in [3.05, 3.63) is 59.7 Å². The molecule has 0 radical (unpaired) electrons. The molecule has 2 saturated heterocycles. The van der Waals surface area contributed by atoms with Crippen molar-refractivity contribution < 1.29 is 8.78 Å². The summed E-state index contributed by atoms with van der Waals surface area (Å²) in [6.07, 6.45) is 4.68. The highest BCUT2D eigenvalue weighted by Gasteiger charge is 2.38. The Morgan fingerprint density at radius 3 is 2.51 bits per heavy atom. The van der Waals surface area contributed by atoms with E-state index in [-0.39, 0.29) is 17.2 Å². The lowest BCUT2D eigenvalue weighted by Gasteiger charge is -2.22. The lowest BCUT2D eigenvalue weighted by molar-refractivity contribution is 0.272. The van der Waals surface area contributed by atoms with Gasteiger partial charge in [0.1, 0.15) is 22.9 Å². The van der Waals surface area contributed by atoms with Gasteiger partial charge in [-0.25, -0.2) is 28.7 Å². The third-order valence-corrected chi connectivity index (χ3v) is 8.58. The van der Waals surface area contributed by atoms with E-state index in [9.17, 15) is 4.39 Å². The van der Waals surface area contributed by atoms with Crippen molar-refractivity contribution >= 4 is 22.8 Å². The predicted octanol–water partition coefficient (Wildman–Crippen LogP) is 4.58. The lowest BCUT2D eigenvalue weighted by atomic mass is 10.0. The molecule has 0 aliphatic carbocycles. The normalized spacial score (nSPS) is 22.5. The quantitative estimate of drug-likeness (QED) is 0.405. The molecule has 10 heteroatoms. The highest BCUT2D eigenvalue weighted by molar-refractivity contribution is 5.83. The molecule has 0 saturated carbocycles. The van der Waals surface area contributed by atoms with Crippen LogP contribution in [0, 0.1) is 23.5 Å². The van der Waals surface area contributed by atoms with Crippen LogP contribution in [0.4, 0.5) is 20.5 Å². The predicted molar refractivity (Wildman–Crippen MR) is 146 cm³/mol. The minimum absolute atomic E-state index is 0.0292. The van der Waals surface area contributed by atoms with E-state index in [2.05, 4.69) is 60.5 Å². The smallest absolute Gasteiger partial charge is 0.229 e. The van der Waals surface area contributed by atoms with Crippen LogP contribution in [-0.4, -0.2) is 67.5 Å². The van der Waals surface area contributed by atoms with Gasteiger partial charge in [0.15, 0.2) is 11.6 Å². The van der Waals surface area contributed by atoms with Crippen molar-refractivity contribution in [3.8, 4) is 11.3 Å². The Labute approximate surface area is 226 Å². The number of hydrogen-bond donors (Lipinski definition) is 1. The van der Waals surface area contributed by atoms with Crippen molar-refractivity contribution in [2.75, 3.05) is 38.5 Å². The summed E-state index contributed by atoms with van der Waals surface area (Å²) in [7, 11) is 2.20. The van der Waals surface area contributed by atoms with Crippen molar-refractivity contribution in [1.82, 2.24) is 34.3 Å². The van der Waals surface area contributed by atoms with Gasteiger partial charge in [0.05, 0.1) is 11.7 Å². The van der Waals surface area contributed by atoms with Crippen LogP contribution in [0.5, 0.6) is 0 Å². The van der Waals surface area contributed by atoms with Gasteiger partial charge in [0.2, 0.25) is 5.95 Å². The summed E-state index contributed by atoms with van der Waals surface area (Å²) >= 11 is 0. The maximum absolute atomic E-state index is 15.1. The van der Waals surface area contributed by atoms with E-state index >= 15 is 4.39 Å². The molecule has 2 atom stereocenters. The van der Waals surface area contributed by atoms with Crippen LogP contribution in [-0.2, 0) is 18.5 Å². The number of halogens is 2. The molecule has 0 amide bonds. The fraction of sp³-hybridized carbons (Fsp3) is 0.448. The summed E-state index contributed by atoms with van der Waals surface area (Å²) < 4.78 is 32.1. The number of likely N-dealkylation sites (tertiary alicyclic amines) is 2. The molecule has 3 aliphatic heterocycles. The number of fused-ring (bicyclic) bond motifs is 4. The van der Waals surface area contributed by atoms with Gasteiger partial charge in [0, 0.05) is 56.4 Å². The number of benzene rings is 1. The largest absolute Gasteiger partial charge is 0.322 e. The Balaban J connectivity index is 1.10. The van der Waals surface area contributed by atoms with E-state index in [0.717, 1.165) is 61.9 Å². The van der Waals surface area contributed by atoms with E-state index < -0.39 is 11.6 Å². The van der Waals surface area contributed by atoms with E-state index in [0.29, 0.717) is 22.4 Å². The molecule has 4 aromatic rings. The van der Waals surface area contributed by atoms with Gasteiger partial charge in [-0.1, -0.05) is 6.07 Å². The number of imidazole rings is 1. The van der Waals surface area contributed by atoms with Crippen molar-refractivity contribution in [1.29, 1.82) is 0 Å². The molecule has 2 fully saturated rings. The Morgan fingerprint density at radius 2 is 1.77 bits per heavy atom. The van der Waals surface area contributed by atoms with Gasteiger partial charge in [-0.15, -0.1) is 0 Å². The number of anilines is 2. The van der Waals surface area contributed by atoms with Gasteiger partial charge in [0.25, 0.3) is 0 Å². The van der Waals surface area contributed by atoms with Gasteiger partial charge < -0.3 is 14.8 Å².